The standard InChI is InChI=1S/C11H13F2N3O3/c12-11(13)19-8-3-1-7(2-4-8)16-10(18)6-15-9(17)5-14/h1-4,11H,5-6,14H2,(H,15,17)(H,16,18). The van der Waals surface area contributed by atoms with E-state index in [9.17, 15) is 18.4 Å². The number of halogens is 2. The molecule has 0 fully saturated rings. The van der Waals surface area contributed by atoms with Crippen LogP contribution in [0.5, 0.6) is 5.75 Å². The number of hydrogen-bond donors (Lipinski definition) is 3. The van der Waals surface area contributed by atoms with Crippen LogP contribution >= 0.6 is 0 Å². The van der Waals surface area contributed by atoms with E-state index in [1.165, 1.54) is 24.3 Å². The Bertz CT molecular complexity index is 437. The molecule has 0 radical (unpaired) electrons. The maximum Gasteiger partial charge on any atom is 0.387 e. The minimum atomic E-state index is -2.90. The van der Waals surface area contributed by atoms with E-state index in [4.69, 9.17) is 5.73 Å². The largest absolute Gasteiger partial charge is 0.435 e. The van der Waals surface area contributed by atoms with E-state index in [1.807, 2.05) is 0 Å². The van der Waals surface area contributed by atoms with Crippen LogP contribution in [0.15, 0.2) is 24.3 Å². The summed E-state index contributed by atoms with van der Waals surface area (Å²) in [5.41, 5.74) is 5.45. The van der Waals surface area contributed by atoms with Crippen LogP contribution in [0.1, 0.15) is 0 Å². The van der Waals surface area contributed by atoms with Crippen molar-refractivity contribution in [3.05, 3.63) is 24.3 Å². The highest BCUT2D eigenvalue weighted by atomic mass is 19.3. The molecular formula is C11H13F2N3O3. The summed E-state index contributed by atoms with van der Waals surface area (Å²) in [7, 11) is 0. The molecule has 0 unspecified atom stereocenters. The quantitative estimate of drug-likeness (QED) is 0.695. The summed E-state index contributed by atoms with van der Waals surface area (Å²) >= 11 is 0. The Balaban J connectivity index is 2.44. The number of amides is 2. The van der Waals surface area contributed by atoms with Crippen molar-refractivity contribution in [3.8, 4) is 5.75 Å². The maximum absolute atomic E-state index is 11.9. The van der Waals surface area contributed by atoms with E-state index in [-0.39, 0.29) is 18.8 Å². The second kappa shape index (κ2) is 7.27. The molecule has 1 aromatic rings. The molecule has 19 heavy (non-hydrogen) atoms. The molecule has 0 aliphatic carbocycles. The fraction of sp³-hybridized carbons (Fsp3) is 0.273. The topological polar surface area (TPSA) is 93.5 Å². The maximum atomic E-state index is 11.9. The Kier molecular flexibility index (Phi) is 5.68. The second-order valence-electron chi connectivity index (χ2n) is 3.43. The average molecular weight is 273 g/mol. The number of benzene rings is 1. The van der Waals surface area contributed by atoms with Crippen LogP contribution in [0.2, 0.25) is 0 Å². The molecule has 0 saturated carbocycles. The zero-order valence-electron chi connectivity index (χ0n) is 9.86. The molecule has 0 atom stereocenters. The number of carbonyl (C=O) groups is 2. The van der Waals surface area contributed by atoms with Gasteiger partial charge in [-0.2, -0.15) is 8.78 Å². The Labute approximate surface area is 107 Å². The second-order valence-corrected chi connectivity index (χ2v) is 3.43. The molecule has 1 aromatic carbocycles. The summed E-state index contributed by atoms with van der Waals surface area (Å²) in [6, 6.07) is 5.39. The highest BCUT2D eigenvalue weighted by molar-refractivity contribution is 5.94. The summed E-state index contributed by atoms with van der Waals surface area (Å²) in [6.07, 6.45) is 0. The third-order valence-corrected chi connectivity index (χ3v) is 1.99. The molecule has 1 rings (SSSR count). The molecule has 0 spiro atoms. The Morgan fingerprint density at radius 2 is 1.84 bits per heavy atom. The van der Waals surface area contributed by atoms with Gasteiger partial charge in [0.25, 0.3) is 0 Å². The van der Waals surface area contributed by atoms with E-state index >= 15 is 0 Å². The first kappa shape index (κ1) is 14.8. The number of rotatable bonds is 6. The van der Waals surface area contributed by atoms with Crippen LogP contribution in [0.4, 0.5) is 14.5 Å². The number of nitrogens with one attached hydrogen (secondary N) is 2. The fourth-order valence-electron chi connectivity index (χ4n) is 1.18. The molecule has 0 heterocycles. The Hall–Kier alpha value is -2.22. The summed E-state index contributed by atoms with van der Waals surface area (Å²) in [6.45, 7) is -3.31. The van der Waals surface area contributed by atoms with Crippen LogP contribution < -0.4 is 21.1 Å². The Morgan fingerprint density at radius 3 is 2.37 bits per heavy atom. The minimum Gasteiger partial charge on any atom is -0.435 e. The van der Waals surface area contributed by atoms with Crippen molar-refractivity contribution in [1.29, 1.82) is 0 Å². The summed E-state index contributed by atoms with van der Waals surface area (Å²) in [4.78, 5) is 22.2. The van der Waals surface area contributed by atoms with Crippen LogP contribution in [-0.4, -0.2) is 31.5 Å². The minimum absolute atomic E-state index is 0.00978. The van der Waals surface area contributed by atoms with Gasteiger partial charge < -0.3 is 21.1 Å². The fourth-order valence-corrected chi connectivity index (χ4v) is 1.18. The summed E-state index contributed by atoms with van der Waals surface area (Å²) in [5, 5.41) is 4.75. The normalized spacial score (nSPS) is 10.1. The van der Waals surface area contributed by atoms with Gasteiger partial charge in [-0.05, 0) is 24.3 Å². The molecule has 0 bridgehead atoms. The van der Waals surface area contributed by atoms with Gasteiger partial charge in [-0.15, -0.1) is 0 Å². The number of nitrogens with two attached hydrogens (primary N) is 1. The van der Waals surface area contributed by atoms with Crippen LogP contribution in [0, 0.1) is 0 Å². The zero-order valence-corrected chi connectivity index (χ0v) is 9.86. The zero-order chi connectivity index (χ0) is 14.3. The van der Waals surface area contributed by atoms with E-state index in [2.05, 4.69) is 15.4 Å². The molecule has 2 amide bonds. The van der Waals surface area contributed by atoms with Gasteiger partial charge >= 0.3 is 6.61 Å². The first-order valence-electron chi connectivity index (χ1n) is 5.32. The van der Waals surface area contributed by atoms with Gasteiger partial charge in [0.1, 0.15) is 5.75 Å². The lowest BCUT2D eigenvalue weighted by molar-refractivity contribution is -0.123. The van der Waals surface area contributed by atoms with E-state index in [1.54, 1.807) is 0 Å². The smallest absolute Gasteiger partial charge is 0.387 e. The number of carbonyl (C=O) groups excluding carboxylic acids is 2. The predicted octanol–water partition coefficient (Wildman–Crippen LogP) is 0.301. The number of alkyl halides is 2. The van der Waals surface area contributed by atoms with Gasteiger partial charge in [0.05, 0.1) is 13.1 Å². The van der Waals surface area contributed by atoms with Crippen molar-refractivity contribution in [3.63, 3.8) is 0 Å². The first-order chi connectivity index (χ1) is 9.01. The lowest BCUT2D eigenvalue weighted by Crippen LogP contribution is -2.36. The lowest BCUT2D eigenvalue weighted by atomic mass is 10.3. The van der Waals surface area contributed by atoms with Gasteiger partial charge in [0.2, 0.25) is 11.8 Å². The molecule has 6 nitrogen and oxygen atoms in total. The van der Waals surface area contributed by atoms with E-state index < -0.39 is 18.4 Å². The van der Waals surface area contributed by atoms with E-state index in [0.717, 1.165) is 0 Å². The van der Waals surface area contributed by atoms with Crippen molar-refractivity contribution in [2.75, 3.05) is 18.4 Å². The summed E-state index contributed by atoms with van der Waals surface area (Å²) in [5.74, 6) is -0.912. The third-order valence-electron chi connectivity index (χ3n) is 1.99. The molecule has 0 aliphatic rings. The number of ether oxygens (including phenoxy) is 1. The molecule has 0 aliphatic heterocycles. The number of anilines is 1. The van der Waals surface area contributed by atoms with E-state index in [0.29, 0.717) is 5.69 Å². The predicted molar refractivity (Wildman–Crippen MR) is 63.8 cm³/mol. The monoisotopic (exact) mass is 273 g/mol. The van der Waals surface area contributed by atoms with Gasteiger partial charge in [-0.25, -0.2) is 0 Å². The van der Waals surface area contributed by atoms with Gasteiger partial charge in [-0.1, -0.05) is 0 Å². The van der Waals surface area contributed by atoms with Crippen molar-refractivity contribution in [2.24, 2.45) is 5.73 Å². The molecule has 8 heteroatoms. The highest BCUT2D eigenvalue weighted by Gasteiger charge is 2.06. The van der Waals surface area contributed by atoms with Crippen molar-refractivity contribution < 1.29 is 23.1 Å². The summed E-state index contributed by atoms with van der Waals surface area (Å²) < 4.78 is 27.9. The molecule has 4 N–H and O–H groups in total. The SMILES string of the molecule is NCC(=O)NCC(=O)Nc1ccc(OC(F)F)cc1. The van der Waals surface area contributed by atoms with Crippen LogP contribution in [-0.2, 0) is 9.59 Å². The molecule has 0 saturated heterocycles. The van der Waals surface area contributed by atoms with Crippen LogP contribution in [0.25, 0.3) is 0 Å². The number of hydrogen-bond acceptors (Lipinski definition) is 4. The first-order valence-corrected chi connectivity index (χ1v) is 5.32. The average Bonchev–Trinajstić information content (AvgIpc) is 2.37. The van der Waals surface area contributed by atoms with Gasteiger partial charge in [-0.3, -0.25) is 9.59 Å². The van der Waals surface area contributed by atoms with Crippen molar-refractivity contribution >= 4 is 17.5 Å². The van der Waals surface area contributed by atoms with Gasteiger partial charge in [0.15, 0.2) is 0 Å². The lowest BCUT2D eigenvalue weighted by Gasteiger charge is -2.08. The molecule has 0 aromatic heterocycles. The molecular weight excluding hydrogens is 260 g/mol. The van der Waals surface area contributed by atoms with Crippen molar-refractivity contribution in [1.82, 2.24) is 5.32 Å². The van der Waals surface area contributed by atoms with Crippen LogP contribution in [0.3, 0.4) is 0 Å². The highest BCUT2D eigenvalue weighted by Crippen LogP contribution is 2.17. The molecule has 104 valence electrons. The third kappa shape index (κ3) is 5.77. The van der Waals surface area contributed by atoms with Crippen molar-refractivity contribution in [2.45, 2.75) is 6.61 Å². The Morgan fingerprint density at radius 1 is 1.21 bits per heavy atom. The van der Waals surface area contributed by atoms with Gasteiger partial charge in [0, 0.05) is 5.69 Å².